The maximum absolute atomic E-state index is 11.7. The molecule has 0 aliphatic carbocycles. The Balaban J connectivity index is 1.59. The molecule has 4 rings (SSSR count). The number of carboxylic acid groups (broad SMARTS) is 1. The van der Waals surface area contributed by atoms with E-state index in [1.807, 2.05) is 0 Å². The number of rotatable bonds is 8. The Morgan fingerprint density at radius 1 is 0.872 bits per heavy atom. The van der Waals surface area contributed by atoms with Crippen molar-refractivity contribution in [1.82, 2.24) is 0 Å². The summed E-state index contributed by atoms with van der Waals surface area (Å²) in [5.74, 6) is -4.03. The van der Waals surface area contributed by atoms with Crippen LogP contribution in [-0.2, 0) is 19.1 Å². The molecule has 0 unspecified atom stereocenters. The molecule has 1 aliphatic rings. The van der Waals surface area contributed by atoms with E-state index >= 15 is 0 Å². The zero-order valence-corrected chi connectivity index (χ0v) is 20.0. The lowest BCUT2D eigenvalue weighted by atomic mass is 9.99. The van der Waals surface area contributed by atoms with Gasteiger partial charge in [-0.2, -0.15) is 0 Å². The molecule has 208 valence electrons. The summed E-state index contributed by atoms with van der Waals surface area (Å²) in [6.45, 7) is -0.594. The Morgan fingerprint density at radius 3 is 2.31 bits per heavy atom. The summed E-state index contributed by atoms with van der Waals surface area (Å²) in [5.41, 5.74) is 0.180. The second kappa shape index (κ2) is 11.2. The average Bonchev–Trinajstić information content (AvgIpc) is 2.88. The van der Waals surface area contributed by atoms with Crippen molar-refractivity contribution in [3.8, 4) is 40.1 Å². The Kier molecular flexibility index (Phi) is 7.92. The van der Waals surface area contributed by atoms with Crippen molar-refractivity contribution in [3.05, 3.63) is 36.4 Å². The topological polar surface area (TPSA) is 235 Å². The molecule has 1 aromatic heterocycles. The van der Waals surface area contributed by atoms with Gasteiger partial charge in [-0.3, -0.25) is 9.59 Å². The molecular weight excluding hydrogens is 524 g/mol. The minimum absolute atomic E-state index is 0.0137. The number of benzene rings is 2. The number of aromatic hydroxyl groups is 4. The van der Waals surface area contributed by atoms with E-state index in [9.17, 15) is 45.3 Å². The fourth-order valence-corrected chi connectivity index (χ4v) is 3.88. The smallest absolute Gasteiger partial charge is 0.402 e. The first-order valence-electron chi connectivity index (χ1n) is 11.5. The number of carbonyl (C=O) groups is 2. The highest BCUT2D eigenvalue weighted by Gasteiger charge is 2.46. The minimum atomic E-state index is -1.80. The lowest BCUT2D eigenvalue weighted by molar-refractivity contribution is -0.278. The van der Waals surface area contributed by atoms with Gasteiger partial charge in [-0.05, 0) is 12.1 Å². The molecule has 5 atom stereocenters. The highest BCUT2D eigenvalue weighted by atomic mass is 16.7. The molecule has 3 aromatic rings. The van der Waals surface area contributed by atoms with Gasteiger partial charge in [0, 0.05) is 18.2 Å². The summed E-state index contributed by atoms with van der Waals surface area (Å²) in [5, 5.41) is 79.9. The zero-order valence-electron chi connectivity index (χ0n) is 20.0. The predicted octanol–water partition coefficient (Wildman–Crippen LogP) is 0.798. The lowest BCUT2D eigenvalue weighted by Crippen LogP contribution is -2.60. The standard InChI is InChI=1S/C25H24O14/c26-11-6-16-12(8-15(29)24(37-16)10-1-2-13(27)14(28)5-10)17(7-11)38-25-23(35)22(34)21(33)18(39-25)9-36-20(32)4-3-19(30)31/h1-2,5-8,18,21-23,25,33-35H,3-4,9H2,(H4-,26,27,28,29,30,31)/p+1/t18-,21-,22+,23-,25-/m1/s1. The Bertz CT molecular complexity index is 1390. The van der Waals surface area contributed by atoms with Gasteiger partial charge in [0.2, 0.25) is 12.0 Å². The van der Waals surface area contributed by atoms with Crippen LogP contribution in [-0.4, -0.2) is 90.1 Å². The number of hydrogen-bond donors (Lipinski definition) is 8. The van der Waals surface area contributed by atoms with E-state index in [2.05, 4.69) is 0 Å². The molecule has 1 aliphatic heterocycles. The molecule has 14 nitrogen and oxygen atoms in total. The van der Waals surface area contributed by atoms with Gasteiger partial charge in [0.1, 0.15) is 47.9 Å². The van der Waals surface area contributed by atoms with Crippen molar-refractivity contribution >= 4 is 22.9 Å². The van der Waals surface area contributed by atoms with E-state index in [0.717, 1.165) is 12.1 Å². The number of hydrogen-bond acceptors (Lipinski definition) is 12. The molecule has 0 spiro atoms. The third kappa shape index (κ3) is 6.04. The second-order valence-electron chi connectivity index (χ2n) is 8.73. The molecule has 8 N–H and O–H groups in total. The van der Waals surface area contributed by atoms with Crippen LogP contribution >= 0.6 is 0 Å². The Morgan fingerprint density at radius 2 is 1.62 bits per heavy atom. The van der Waals surface area contributed by atoms with Crippen LogP contribution in [0.4, 0.5) is 0 Å². The van der Waals surface area contributed by atoms with Crippen LogP contribution in [0.25, 0.3) is 22.3 Å². The zero-order chi connectivity index (χ0) is 28.4. The van der Waals surface area contributed by atoms with Crippen molar-refractivity contribution in [2.45, 2.75) is 43.5 Å². The van der Waals surface area contributed by atoms with E-state index in [-0.39, 0.29) is 39.5 Å². The van der Waals surface area contributed by atoms with Gasteiger partial charge >= 0.3 is 23.3 Å². The maximum Gasteiger partial charge on any atom is 0.402 e. The van der Waals surface area contributed by atoms with Crippen LogP contribution in [0, 0.1) is 0 Å². The van der Waals surface area contributed by atoms with E-state index in [0.29, 0.717) is 0 Å². The monoisotopic (exact) mass is 549 g/mol. The molecule has 0 bridgehead atoms. The molecule has 0 saturated carbocycles. The Hall–Kier alpha value is -4.37. The van der Waals surface area contributed by atoms with E-state index in [1.54, 1.807) is 0 Å². The molecule has 2 aromatic carbocycles. The number of phenolic OH excluding ortho intramolecular Hbond substituents is 3. The van der Waals surface area contributed by atoms with Gasteiger partial charge in [-0.25, -0.2) is 4.42 Å². The number of aliphatic carboxylic acids is 1. The quantitative estimate of drug-likeness (QED) is 0.110. The van der Waals surface area contributed by atoms with Crippen molar-refractivity contribution in [1.29, 1.82) is 0 Å². The van der Waals surface area contributed by atoms with Crippen molar-refractivity contribution in [2.24, 2.45) is 0 Å². The molecule has 2 heterocycles. The van der Waals surface area contributed by atoms with Crippen LogP contribution in [0.3, 0.4) is 0 Å². The van der Waals surface area contributed by atoms with Crippen molar-refractivity contribution < 1.29 is 69.1 Å². The van der Waals surface area contributed by atoms with Crippen molar-refractivity contribution in [3.63, 3.8) is 0 Å². The summed E-state index contributed by atoms with van der Waals surface area (Å²) in [7, 11) is 0. The molecule has 0 amide bonds. The molecular formula is C25H25O14+. The van der Waals surface area contributed by atoms with Gasteiger partial charge in [-0.1, -0.05) is 0 Å². The van der Waals surface area contributed by atoms with Gasteiger partial charge in [0.15, 0.2) is 11.5 Å². The predicted molar refractivity (Wildman–Crippen MR) is 128 cm³/mol. The lowest BCUT2D eigenvalue weighted by Gasteiger charge is -2.39. The largest absolute Gasteiger partial charge is 0.507 e. The first kappa shape index (κ1) is 27.7. The normalized spacial score (nSPS) is 22.9. The molecule has 14 heteroatoms. The summed E-state index contributed by atoms with van der Waals surface area (Å²) >= 11 is 0. The van der Waals surface area contributed by atoms with Crippen molar-refractivity contribution in [2.75, 3.05) is 6.61 Å². The van der Waals surface area contributed by atoms with E-state index in [1.165, 1.54) is 24.3 Å². The average molecular weight is 549 g/mol. The SMILES string of the molecule is O=C(O)CCC(=O)OC[C@H]1O[C@@H](Oc2cc(O)cc3[o+]c(-c4ccc(O)c(O)c4)c(O)cc23)[C@H](O)[C@@H](O)[C@@H]1O. The van der Waals surface area contributed by atoms with Crippen LogP contribution in [0.15, 0.2) is 40.8 Å². The summed E-state index contributed by atoms with van der Waals surface area (Å²) in [4.78, 5) is 22.3. The molecule has 39 heavy (non-hydrogen) atoms. The summed E-state index contributed by atoms with van der Waals surface area (Å²) in [6.07, 6.45) is -9.25. The van der Waals surface area contributed by atoms with Gasteiger partial charge < -0.3 is 55.1 Å². The number of esters is 1. The fourth-order valence-electron chi connectivity index (χ4n) is 3.88. The van der Waals surface area contributed by atoms with Crippen LogP contribution in [0.2, 0.25) is 0 Å². The van der Waals surface area contributed by atoms with Gasteiger partial charge in [-0.15, -0.1) is 0 Å². The van der Waals surface area contributed by atoms with Crippen LogP contribution in [0.5, 0.6) is 28.7 Å². The number of aliphatic hydroxyl groups excluding tert-OH is 3. The van der Waals surface area contributed by atoms with Crippen LogP contribution in [0.1, 0.15) is 12.8 Å². The highest BCUT2D eigenvalue weighted by molar-refractivity contribution is 5.88. The Labute approximate surface area is 219 Å². The summed E-state index contributed by atoms with van der Waals surface area (Å²) in [6, 6.07) is 7.21. The molecule has 1 saturated heterocycles. The van der Waals surface area contributed by atoms with E-state index in [4.69, 9.17) is 23.7 Å². The number of ether oxygens (including phenoxy) is 3. The van der Waals surface area contributed by atoms with Crippen LogP contribution < -0.4 is 4.74 Å². The number of phenols is 3. The summed E-state index contributed by atoms with van der Waals surface area (Å²) < 4.78 is 21.8. The number of aliphatic hydroxyl groups is 3. The molecule has 0 radical (unpaired) electrons. The highest BCUT2D eigenvalue weighted by Crippen LogP contribution is 2.41. The minimum Gasteiger partial charge on any atom is -0.507 e. The number of fused-ring (bicyclic) bond motifs is 1. The fraction of sp³-hybridized carbons (Fsp3) is 0.320. The van der Waals surface area contributed by atoms with Gasteiger partial charge in [0.05, 0.1) is 24.5 Å². The third-order valence-corrected chi connectivity index (χ3v) is 5.92. The molecule has 1 fully saturated rings. The maximum atomic E-state index is 11.7. The second-order valence-corrected chi connectivity index (χ2v) is 8.73. The number of carboxylic acids is 1. The van der Waals surface area contributed by atoms with Gasteiger partial charge in [0.25, 0.3) is 0 Å². The first-order valence-corrected chi connectivity index (χ1v) is 11.5. The third-order valence-electron chi connectivity index (χ3n) is 5.92. The first-order chi connectivity index (χ1) is 18.4. The number of carbonyl (C=O) groups excluding carboxylic acids is 1. The van der Waals surface area contributed by atoms with E-state index < -0.39 is 73.6 Å².